The van der Waals surface area contributed by atoms with Gasteiger partial charge in [0.1, 0.15) is 5.54 Å². The predicted molar refractivity (Wildman–Crippen MR) is 46.8 cm³/mol. The minimum absolute atomic E-state index is 0.210. The minimum atomic E-state index is -0.210. The first-order chi connectivity index (χ1) is 5.79. The Morgan fingerprint density at radius 3 is 2.75 bits per heavy atom. The van der Waals surface area contributed by atoms with Crippen LogP contribution in [-0.4, -0.2) is 24.5 Å². The van der Waals surface area contributed by atoms with Gasteiger partial charge in [0.15, 0.2) is 0 Å². The van der Waals surface area contributed by atoms with Crippen LogP contribution >= 0.6 is 0 Å². The lowest BCUT2D eigenvalue weighted by Gasteiger charge is -2.36. The van der Waals surface area contributed by atoms with Crippen LogP contribution in [0.3, 0.4) is 0 Å². The van der Waals surface area contributed by atoms with Crippen molar-refractivity contribution in [3.05, 3.63) is 0 Å². The van der Waals surface area contributed by atoms with Crippen LogP contribution in [-0.2, 0) is 4.79 Å². The van der Waals surface area contributed by atoms with Gasteiger partial charge in [-0.15, -0.1) is 0 Å². The Morgan fingerprint density at radius 1 is 1.50 bits per heavy atom. The Labute approximate surface area is 72.9 Å². The first-order valence-electron chi connectivity index (χ1n) is 4.83. The molecule has 1 atom stereocenters. The van der Waals surface area contributed by atoms with Crippen molar-refractivity contribution < 1.29 is 4.79 Å². The number of amides is 1. The molecule has 3 heteroatoms. The van der Waals surface area contributed by atoms with Gasteiger partial charge in [-0.05, 0) is 25.2 Å². The molecule has 1 saturated heterocycles. The number of hydrogen-bond donors (Lipinski definition) is 2. The van der Waals surface area contributed by atoms with Gasteiger partial charge in [-0.25, -0.2) is 0 Å². The third-order valence-electron chi connectivity index (χ3n) is 3.09. The van der Waals surface area contributed by atoms with Gasteiger partial charge in [-0.1, -0.05) is 6.92 Å². The molecule has 1 aliphatic heterocycles. The summed E-state index contributed by atoms with van der Waals surface area (Å²) >= 11 is 0. The Morgan fingerprint density at radius 2 is 2.25 bits per heavy atom. The Hall–Kier alpha value is -0.570. The molecule has 2 rings (SSSR count). The molecule has 1 unspecified atom stereocenters. The minimum Gasteiger partial charge on any atom is -0.353 e. The average Bonchev–Trinajstić information content (AvgIpc) is 2.89. The molecular weight excluding hydrogens is 152 g/mol. The normalized spacial score (nSPS) is 36.2. The summed E-state index contributed by atoms with van der Waals surface area (Å²) < 4.78 is 0. The zero-order chi connectivity index (χ0) is 8.60. The highest BCUT2D eigenvalue weighted by atomic mass is 16.2. The molecule has 0 aromatic rings. The first kappa shape index (κ1) is 8.05. The van der Waals surface area contributed by atoms with E-state index >= 15 is 0 Å². The zero-order valence-corrected chi connectivity index (χ0v) is 7.52. The van der Waals surface area contributed by atoms with Gasteiger partial charge >= 0.3 is 0 Å². The molecular formula is C9H16N2O. The van der Waals surface area contributed by atoms with Crippen molar-refractivity contribution in [1.82, 2.24) is 10.6 Å². The van der Waals surface area contributed by atoms with Crippen molar-refractivity contribution in [2.45, 2.75) is 31.7 Å². The number of carbonyl (C=O) groups excluding carboxylic acids is 1. The van der Waals surface area contributed by atoms with Crippen LogP contribution in [0.15, 0.2) is 0 Å². The van der Waals surface area contributed by atoms with Crippen LogP contribution in [0, 0.1) is 5.92 Å². The summed E-state index contributed by atoms with van der Waals surface area (Å²) in [5.41, 5.74) is -0.210. The summed E-state index contributed by atoms with van der Waals surface area (Å²) in [6.45, 7) is 3.81. The van der Waals surface area contributed by atoms with E-state index in [9.17, 15) is 4.79 Å². The molecule has 1 saturated carbocycles. The predicted octanol–water partition coefficient (Wildman–Crippen LogP) is 0.265. The summed E-state index contributed by atoms with van der Waals surface area (Å²) in [7, 11) is 0. The molecule has 0 spiro atoms. The quantitative estimate of drug-likeness (QED) is 0.621. The van der Waals surface area contributed by atoms with Gasteiger partial charge in [0, 0.05) is 13.1 Å². The molecule has 3 nitrogen and oxygen atoms in total. The van der Waals surface area contributed by atoms with Crippen LogP contribution in [0.5, 0.6) is 0 Å². The monoisotopic (exact) mass is 168 g/mol. The van der Waals surface area contributed by atoms with Crippen molar-refractivity contribution in [2.75, 3.05) is 13.1 Å². The molecule has 0 aromatic carbocycles. The van der Waals surface area contributed by atoms with E-state index in [0.29, 0.717) is 5.92 Å². The number of hydrogen-bond acceptors (Lipinski definition) is 2. The third-order valence-corrected chi connectivity index (χ3v) is 3.09. The lowest BCUT2D eigenvalue weighted by Crippen LogP contribution is -2.64. The van der Waals surface area contributed by atoms with Crippen LogP contribution in [0.2, 0.25) is 0 Å². The van der Waals surface area contributed by atoms with Crippen molar-refractivity contribution >= 4 is 5.91 Å². The second kappa shape index (κ2) is 2.73. The molecule has 0 aromatic heterocycles. The van der Waals surface area contributed by atoms with E-state index in [-0.39, 0.29) is 11.4 Å². The number of rotatable bonds is 2. The number of carbonyl (C=O) groups is 1. The van der Waals surface area contributed by atoms with Gasteiger partial charge in [0.2, 0.25) is 5.91 Å². The third kappa shape index (κ3) is 1.04. The van der Waals surface area contributed by atoms with Crippen molar-refractivity contribution in [3.63, 3.8) is 0 Å². The Bertz CT molecular complexity index is 201. The van der Waals surface area contributed by atoms with Gasteiger partial charge in [0.25, 0.3) is 0 Å². The van der Waals surface area contributed by atoms with Crippen molar-refractivity contribution in [1.29, 1.82) is 0 Å². The fraction of sp³-hybridized carbons (Fsp3) is 0.889. The summed E-state index contributed by atoms with van der Waals surface area (Å²) in [4.78, 5) is 11.7. The van der Waals surface area contributed by atoms with E-state index in [2.05, 4.69) is 17.6 Å². The summed E-state index contributed by atoms with van der Waals surface area (Å²) in [6, 6.07) is 0. The summed E-state index contributed by atoms with van der Waals surface area (Å²) in [6.07, 6.45) is 3.35. The fourth-order valence-corrected chi connectivity index (χ4v) is 2.18. The van der Waals surface area contributed by atoms with Crippen LogP contribution < -0.4 is 10.6 Å². The summed E-state index contributed by atoms with van der Waals surface area (Å²) in [5.74, 6) is 0.821. The van der Waals surface area contributed by atoms with E-state index in [1.807, 2.05) is 0 Å². The van der Waals surface area contributed by atoms with E-state index in [0.717, 1.165) is 19.5 Å². The average molecular weight is 168 g/mol. The summed E-state index contributed by atoms with van der Waals surface area (Å²) in [5, 5.41) is 6.33. The lowest BCUT2D eigenvalue weighted by atomic mass is 9.87. The van der Waals surface area contributed by atoms with Gasteiger partial charge in [-0.3, -0.25) is 4.79 Å². The van der Waals surface area contributed by atoms with Crippen LogP contribution in [0.4, 0.5) is 0 Å². The molecule has 0 bridgehead atoms. The smallest absolute Gasteiger partial charge is 0.240 e. The lowest BCUT2D eigenvalue weighted by molar-refractivity contribution is -0.130. The van der Waals surface area contributed by atoms with E-state index in [1.54, 1.807) is 0 Å². The highest BCUT2D eigenvalue weighted by Gasteiger charge is 2.50. The van der Waals surface area contributed by atoms with Gasteiger partial charge in [-0.2, -0.15) is 0 Å². The molecule has 12 heavy (non-hydrogen) atoms. The van der Waals surface area contributed by atoms with E-state index in [4.69, 9.17) is 0 Å². The topological polar surface area (TPSA) is 41.1 Å². The van der Waals surface area contributed by atoms with Crippen LogP contribution in [0.25, 0.3) is 0 Å². The SMILES string of the molecule is CCC1(C2CC2)NCCNC1=O. The van der Waals surface area contributed by atoms with E-state index in [1.165, 1.54) is 12.8 Å². The standard InChI is InChI=1S/C9H16N2O/c1-2-9(7-3-4-7)8(12)10-5-6-11-9/h7,11H,2-6H2,1H3,(H,10,12). The molecule has 1 amide bonds. The molecule has 1 heterocycles. The fourth-order valence-electron chi connectivity index (χ4n) is 2.18. The number of piperazine rings is 1. The zero-order valence-electron chi connectivity index (χ0n) is 7.52. The molecule has 2 fully saturated rings. The Balaban J connectivity index is 2.16. The van der Waals surface area contributed by atoms with E-state index < -0.39 is 0 Å². The molecule has 68 valence electrons. The molecule has 1 aliphatic carbocycles. The maximum atomic E-state index is 11.7. The Kier molecular flexibility index (Phi) is 1.83. The molecule has 2 N–H and O–H groups in total. The molecule has 0 radical (unpaired) electrons. The highest BCUT2D eigenvalue weighted by Crippen LogP contribution is 2.42. The second-order valence-corrected chi connectivity index (χ2v) is 3.78. The largest absolute Gasteiger partial charge is 0.353 e. The van der Waals surface area contributed by atoms with Crippen molar-refractivity contribution in [3.8, 4) is 0 Å². The number of nitrogens with one attached hydrogen (secondary N) is 2. The maximum absolute atomic E-state index is 11.7. The van der Waals surface area contributed by atoms with Gasteiger partial charge in [0.05, 0.1) is 0 Å². The molecule has 2 aliphatic rings. The van der Waals surface area contributed by atoms with Gasteiger partial charge < -0.3 is 10.6 Å². The maximum Gasteiger partial charge on any atom is 0.240 e. The second-order valence-electron chi connectivity index (χ2n) is 3.78. The van der Waals surface area contributed by atoms with Crippen LogP contribution in [0.1, 0.15) is 26.2 Å². The van der Waals surface area contributed by atoms with Crippen molar-refractivity contribution in [2.24, 2.45) is 5.92 Å². The first-order valence-corrected chi connectivity index (χ1v) is 4.83. The highest BCUT2D eigenvalue weighted by molar-refractivity contribution is 5.87.